The lowest BCUT2D eigenvalue weighted by atomic mass is 9.80. The minimum atomic E-state index is 0.426. The van der Waals surface area contributed by atoms with E-state index >= 15 is 0 Å². The minimum Gasteiger partial charge on any atom is -0.261 e. The zero-order valence-corrected chi connectivity index (χ0v) is 18.0. The molecule has 2 heteroatoms. The van der Waals surface area contributed by atoms with Crippen molar-refractivity contribution >= 4 is 23.8 Å². The number of nitrogens with zero attached hydrogens (tertiary/aromatic N) is 1. The fraction of sp³-hybridized carbons (Fsp3) is 0.321. The summed E-state index contributed by atoms with van der Waals surface area (Å²) in [4.78, 5) is 4.73. The Morgan fingerprint density at radius 3 is 2.70 bits per heavy atom. The van der Waals surface area contributed by atoms with E-state index in [4.69, 9.17) is 16.6 Å². The van der Waals surface area contributed by atoms with E-state index in [-0.39, 0.29) is 0 Å². The Morgan fingerprint density at radius 1 is 0.967 bits per heavy atom. The van der Waals surface area contributed by atoms with Crippen LogP contribution < -0.4 is 10.4 Å². The summed E-state index contributed by atoms with van der Waals surface area (Å²) in [7, 11) is 0. The number of hydrogen-bond acceptors (Lipinski definition) is 1. The molecule has 3 aliphatic rings. The van der Waals surface area contributed by atoms with Crippen molar-refractivity contribution in [1.82, 2.24) is 4.98 Å². The number of fused-ring (bicyclic) bond motifs is 4. The van der Waals surface area contributed by atoms with Crippen molar-refractivity contribution in [3.8, 4) is 0 Å². The number of aryl methyl sites for hydroxylation is 1. The number of aromatic nitrogens is 1. The van der Waals surface area contributed by atoms with Crippen LogP contribution in [-0.2, 0) is 12.8 Å². The summed E-state index contributed by atoms with van der Waals surface area (Å²) in [6, 6.07) is 15.6. The summed E-state index contributed by atoms with van der Waals surface area (Å²) in [5.41, 5.74) is 5.76. The molecule has 1 nitrogen and oxygen atoms in total. The molecule has 0 saturated heterocycles. The normalized spacial score (nSPS) is 19.2. The highest BCUT2D eigenvalue weighted by Gasteiger charge is 2.25. The third-order valence-electron chi connectivity index (χ3n) is 7.03. The Bertz CT molecular complexity index is 1330. The molecular formula is C28H26ClN. The van der Waals surface area contributed by atoms with Crippen LogP contribution in [0.25, 0.3) is 12.2 Å². The van der Waals surface area contributed by atoms with E-state index < -0.39 is 0 Å². The highest BCUT2D eigenvalue weighted by molar-refractivity contribution is 6.30. The molecule has 3 aromatic rings. The predicted molar refractivity (Wildman–Crippen MR) is 124 cm³/mol. The highest BCUT2D eigenvalue weighted by atomic mass is 35.5. The van der Waals surface area contributed by atoms with Gasteiger partial charge in [-0.3, -0.25) is 4.98 Å². The van der Waals surface area contributed by atoms with Crippen LogP contribution in [0, 0.1) is 10.4 Å². The fourth-order valence-electron chi connectivity index (χ4n) is 5.32. The van der Waals surface area contributed by atoms with Gasteiger partial charge in [0.15, 0.2) is 0 Å². The average Bonchev–Trinajstić information content (AvgIpc) is 3.62. The van der Waals surface area contributed by atoms with E-state index in [0.717, 1.165) is 23.8 Å². The minimum absolute atomic E-state index is 0.426. The quantitative estimate of drug-likeness (QED) is 0.550. The molecule has 1 aromatic heterocycles. The first kappa shape index (κ1) is 18.4. The zero-order valence-electron chi connectivity index (χ0n) is 17.2. The number of halogens is 1. The molecule has 3 aliphatic carbocycles. The second-order valence-electron chi connectivity index (χ2n) is 9.10. The monoisotopic (exact) mass is 411 g/mol. The first-order valence-electron chi connectivity index (χ1n) is 11.3. The maximum absolute atomic E-state index is 6.35. The van der Waals surface area contributed by atoms with E-state index in [1.165, 1.54) is 64.2 Å². The number of benzene rings is 2. The molecule has 0 bridgehead atoms. The van der Waals surface area contributed by atoms with Crippen molar-refractivity contribution in [2.24, 2.45) is 0 Å². The molecule has 1 saturated carbocycles. The van der Waals surface area contributed by atoms with E-state index in [2.05, 4.69) is 54.7 Å². The summed E-state index contributed by atoms with van der Waals surface area (Å²) >= 11 is 6.35. The summed E-state index contributed by atoms with van der Waals surface area (Å²) in [5, 5.41) is 6.28. The van der Waals surface area contributed by atoms with Gasteiger partial charge in [0, 0.05) is 28.7 Å². The van der Waals surface area contributed by atoms with Crippen LogP contribution in [0.2, 0.25) is 5.02 Å². The molecule has 0 radical (unpaired) electrons. The zero-order chi connectivity index (χ0) is 20.1. The molecule has 150 valence electrons. The summed E-state index contributed by atoms with van der Waals surface area (Å²) in [5.74, 6) is 1.15. The molecule has 30 heavy (non-hydrogen) atoms. The van der Waals surface area contributed by atoms with Crippen molar-refractivity contribution in [3.63, 3.8) is 0 Å². The van der Waals surface area contributed by atoms with Gasteiger partial charge in [-0.25, -0.2) is 0 Å². The van der Waals surface area contributed by atoms with E-state index in [1.807, 2.05) is 6.07 Å². The Labute approximate surface area is 182 Å². The van der Waals surface area contributed by atoms with Crippen molar-refractivity contribution in [1.29, 1.82) is 0 Å². The van der Waals surface area contributed by atoms with Crippen LogP contribution in [0.15, 0.2) is 48.7 Å². The van der Waals surface area contributed by atoms with Crippen LogP contribution in [0.3, 0.4) is 0 Å². The Hall–Kier alpha value is -2.38. The summed E-state index contributed by atoms with van der Waals surface area (Å²) in [6.45, 7) is 0. The van der Waals surface area contributed by atoms with Gasteiger partial charge in [0.1, 0.15) is 0 Å². The van der Waals surface area contributed by atoms with Gasteiger partial charge in [0.05, 0.1) is 0 Å². The first-order chi connectivity index (χ1) is 14.8. The number of pyridine rings is 1. The molecule has 1 fully saturated rings. The molecule has 6 rings (SSSR count). The third-order valence-corrected chi connectivity index (χ3v) is 7.27. The fourth-order valence-corrected chi connectivity index (χ4v) is 5.50. The van der Waals surface area contributed by atoms with Gasteiger partial charge in [-0.2, -0.15) is 0 Å². The second-order valence-corrected chi connectivity index (χ2v) is 9.54. The van der Waals surface area contributed by atoms with Crippen LogP contribution in [0.4, 0.5) is 0 Å². The lowest BCUT2D eigenvalue weighted by molar-refractivity contribution is 0.727. The summed E-state index contributed by atoms with van der Waals surface area (Å²) in [6.07, 6.45) is 15.4. The van der Waals surface area contributed by atoms with Crippen LogP contribution in [-0.4, -0.2) is 4.98 Å². The molecule has 0 amide bonds. The SMILES string of the molecule is Clc1ccc2c(c1)=CC(CCc1ccc(C3CC3)nc1)c1c3c(ccc1=2)=CCCC3. The highest BCUT2D eigenvalue weighted by Crippen LogP contribution is 2.39. The Balaban J connectivity index is 1.42. The van der Waals surface area contributed by atoms with Crippen molar-refractivity contribution in [3.05, 3.63) is 96.9 Å². The molecule has 0 spiro atoms. The smallest absolute Gasteiger partial charge is 0.0434 e. The molecule has 1 atom stereocenters. The van der Waals surface area contributed by atoms with Crippen molar-refractivity contribution in [2.45, 2.75) is 56.8 Å². The third kappa shape index (κ3) is 3.30. The van der Waals surface area contributed by atoms with Gasteiger partial charge in [-0.15, -0.1) is 0 Å². The van der Waals surface area contributed by atoms with Crippen LogP contribution in [0.1, 0.15) is 66.3 Å². The van der Waals surface area contributed by atoms with Gasteiger partial charge in [0.25, 0.3) is 0 Å². The van der Waals surface area contributed by atoms with Gasteiger partial charge in [-0.05, 0) is 101 Å². The topological polar surface area (TPSA) is 12.9 Å². The van der Waals surface area contributed by atoms with E-state index in [1.54, 1.807) is 11.1 Å². The molecule has 0 aliphatic heterocycles. The maximum Gasteiger partial charge on any atom is 0.0434 e. The van der Waals surface area contributed by atoms with Crippen molar-refractivity contribution < 1.29 is 0 Å². The van der Waals surface area contributed by atoms with Gasteiger partial charge in [0.2, 0.25) is 0 Å². The standard InChI is InChI=1S/C28H26ClN/c29-23-11-13-24-22(16-23)15-21(7-5-18-6-14-27(30-17-18)20-8-9-20)28-25-4-2-1-3-19(25)10-12-26(24)28/h3,6,10-17,20-21H,1-2,4-5,7-9H2. The molecular weight excluding hydrogens is 386 g/mol. The van der Waals surface area contributed by atoms with Crippen molar-refractivity contribution in [2.75, 3.05) is 0 Å². The van der Waals surface area contributed by atoms with Gasteiger partial charge in [-0.1, -0.05) is 48.0 Å². The van der Waals surface area contributed by atoms with E-state index in [0.29, 0.717) is 5.92 Å². The number of rotatable bonds is 4. The number of hydrogen-bond donors (Lipinski definition) is 0. The summed E-state index contributed by atoms with van der Waals surface area (Å²) < 4.78 is 0. The molecule has 1 unspecified atom stereocenters. The Kier molecular flexibility index (Phi) is 4.53. The van der Waals surface area contributed by atoms with E-state index in [9.17, 15) is 0 Å². The van der Waals surface area contributed by atoms with Gasteiger partial charge < -0.3 is 0 Å². The predicted octanol–water partition coefficient (Wildman–Crippen LogP) is 5.53. The average molecular weight is 412 g/mol. The van der Waals surface area contributed by atoms with Crippen LogP contribution in [0.5, 0.6) is 0 Å². The lowest BCUT2D eigenvalue weighted by Crippen LogP contribution is -2.22. The molecule has 2 aromatic carbocycles. The largest absolute Gasteiger partial charge is 0.261 e. The lowest BCUT2D eigenvalue weighted by Gasteiger charge is -2.24. The molecule has 0 N–H and O–H groups in total. The molecule has 1 heterocycles. The Morgan fingerprint density at radius 2 is 1.87 bits per heavy atom. The van der Waals surface area contributed by atoms with Gasteiger partial charge >= 0.3 is 0 Å². The first-order valence-corrected chi connectivity index (χ1v) is 11.7. The maximum atomic E-state index is 6.35. The van der Waals surface area contributed by atoms with Crippen LogP contribution >= 0.6 is 11.6 Å². The second kappa shape index (κ2) is 7.39.